The van der Waals surface area contributed by atoms with Gasteiger partial charge >= 0.3 is 6.03 Å². The average molecular weight is 496 g/mol. The van der Waals surface area contributed by atoms with Gasteiger partial charge in [0.2, 0.25) is 12.7 Å². The van der Waals surface area contributed by atoms with Crippen molar-refractivity contribution in [2.24, 2.45) is 5.92 Å². The van der Waals surface area contributed by atoms with Gasteiger partial charge in [-0.2, -0.15) is 0 Å². The maximum atomic E-state index is 13.7. The van der Waals surface area contributed by atoms with Crippen LogP contribution >= 0.6 is 0 Å². The molecule has 3 aliphatic heterocycles. The van der Waals surface area contributed by atoms with Gasteiger partial charge in [-0.15, -0.1) is 0 Å². The highest BCUT2D eigenvalue weighted by Gasteiger charge is 2.57. The summed E-state index contributed by atoms with van der Waals surface area (Å²) in [5.74, 6) is -0.0508. The van der Waals surface area contributed by atoms with Gasteiger partial charge in [0.05, 0.1) is 18.7 Å². The van der Waals surface area contributed by atoms with Crippen molar-refractivity contribution < 1.29 is 33.0 Å². The molecule has 9 nitrogen and oxygen atoms in total. The first-order chi connectivity index (χ1) is 17.5. The normalized spacial score (nSPS) is 26.6. The van der Waals surface area contributed by atoms with Gasteiger partial charge in [0.15, 0.2) is 17.6 Å². The molecule has 4 aliphatic rings. The molecule has 2 saturated heterocycles. The molecule has 0 spiro atoms. The van der Waals surface area contributed by atoms with E-state index >= 15 is 0 Å². The van der Waals surface area contributed by atoms with E-state index in [0.29, 0.717) is 22.7 Å². The Bertz CT molecular complexity index is 1200. The smallest absolute Gasteiger partial charge is 0.327 e. The molecule has 36 heavy (non-hydrogen) atoms. The third kappa shape index (κ3) is 4.05. The summed E-state index contributed by atoms with van der Waals surface area (Å²) in [6.45, 7) is -0.0984. The van der Waals surface area contributed by atoms with Crippen LogP contribution in [0.3, 0.4) is 0 Å². The van der Waals surface area contributed by atoms with Gasteiger partial charge in [0.25, 0.3) is 5.91 Å². The summed E-state index contributed by atoms with van der Waals surface area (Å²) < 4.78 is 30.2. The van der Waals surface area contributed by atoms with E-state index < -0.39 is 29.9 Å². The van der Waals surface area contributed by atoms with Crippen LogP contribution in [-0.2, 0) is 20.9 Å². The van der Waals surface area contributed by atoms with E-state index in [1.807, 2.05) is 0 Å². The first-order valence-electron chi connectivity index (χ1n) is 12.2. The lowest BCUT2D eigenvalue weighted by atomic mass is 9.81. The summed E-state index contributed by atoms with van der Waals surface area (Å²) in [5, 5.41) is 2.72. The standard InChI is InChI=1S/C26H26FN3O6/c27-16-6-8-17(9-7-16)28-22(31)13-29-23-18-3-1-2-4-19(18)36-24(23)25(32)30(26(29)33)12-15-5-10-20-21(11-15)35-14-34-20/h5-11,18-19,23-24H,1-4,12-14H2,(H,28,31). The van der Waals surface area contributed by atoms with Crippen LogP contribution in [0.25, 0.3) is 0 Å². The molecule has 3 heterocycles. The lowest BCUT2D eigenvalue weighted by molar-refractivity contribution is -0.147. The number of carbonyl (C=O) groups excluding carboxylic acids is 3. The van der Waals surface area contributed by atoms with Crippen molar-refractivity contribution in [1.82, 2.24) is 9.80 Å². The Morgan fingerprint density at radius 1 is 1.03 bits per heavy atom. The molecule has 0 aromatic heterocycles. The maximum absolute atomic E-state index is 13.7. The lowest BCUT2D eigenvalue weighted by Crippen LogP contribution is -2.65. The van der Waals surface area contributed by atoms with Crippen molar-refractivity contribution in [3.05, 3.63) is 53.8 Å². The minimum atomic E-state index is -0.816. The Kier molecular flexibility index (Phi) is 5.75. The fourth-order valence-corrected chi connectivity index (χ4v) is 5.74. The number of urea groups is 1. The predicted molar refractivity (Wildman–Crippen MR) is 125 cm³/mol. The van der Waals surface area contributed by atoms with Gasteiger partial charge in [-0.05, 0) is 54.8 Å². The zero-order chi connectivity index (χ0) is 24.8. The Morgan fingerprint density at radius 3 is 2.64 bits per heavy atom. The molecule has 2 aromatic carbocycles. The number of imide groups is 1. The molecule has 188 valence electrons. The van der Waals surface area contributed by atoms with Gasteiger partial charge in [0, 0.05) is 11.6 Å². The number of fused-ring (bicyclic) bond motifs is 4. The maximum Gasteiger partial charge on any atom is 0.327 e. The molecule has 1 saturated carbocycles. The SMILES string of the molecule is O=C(CN1C(=O)N(Cc2ccc3c(c2)OCO3)C(=O)C2OC3CCCCC3C21)Nc1ccc(F)cc1. The van der Waals surface area contributed by atoms with E-state index in [4.69, 9.17) is 14.2 Å². The van der Waals surface area contributed by atoms with Gasteiger partial charge in [0.1, 0.15) is 12.4 Å². The zero-order valence-corrected chi connectivity index (χ0v) is 19.5. The molecule has 6 rings (SSSR count). The van der Waals surface area contributed by atoms with Crippen molar-refractivity contribution >= 4 is 23.5 Å². The number of benzene rings is 2. The number of nitrogens with one attached hydrogen (secondary N) is 1. The molecular formula is C26H26FN3O6. The Balaban J connectivity index is 1.26. The largest absolute Gasteiger partial charge is 0.454 e. The van der Waals surface area contributed by atoms with E-state index in [1.165, 1.54) is 29.2 Å². The highest BCUT2D eigenvalue weighted by Crippen LogP contribution is 2.43. The second-order valence-electron chi connectivity index (χ2n) is 9.61. The Morgan fingerprint density at radius 2 is 1.81 bits per heavy atom. The van der Waals surface area contributed by atoms with E-state index in [0.717, 1.165) is 30.6 Å². The molecule has 1 N–H and O–H groups in total. The number of ether oxygens (including phenoxy) is 3. The molecule has 2 aromatic rings. The quantitative estimate of drug-likeness (QED) is 0.684. The topological polar surface area (TPSA) is 97.4 Å². The molecule has 1 aliphatic carbocycles. The van der Waals surface area contributed by atoms with Crippen molar-refractivity contribution in [3.8, 4) is 11.5 Å². The second-order valence-corrected chi connectivity index (χ2v) is 9.61. The summed E-state index contributed by atoms with van der Waals surface area (Å²) in [6.07, 6.45) is 2.74. The highest BCUT2D eigenvalue weighted by atomic mass is 19.1. The number of nitrogens with zero attached hydrogens (tertiary/aromatic N) is 2. The third-order valence-corrected chi connectivity index (χ3v) is 7.39. The van der Waals surface area contributed by atoms with E-state index in [9.17, 15) is 18.8 Å². The number of anilines is 1. The van der Waals surface area contributed by atoms with Crippen LogP contribution in [-0.4, -0.2) is 59.2 Å². The van der Waals surface area contributed by atoms with Crippen LogP contribution in [0.4, 0.5) is 14.9 Å². The fraction of sp³-hybridized carbons (Fsp3) is 0.423. The molecule has 4 unspecified atom stereocenters. The monoisotopic (exact) mass is 495 g/mol. The van der Waals surface area contributed by atoms with Gasteiger partial charge in [-0.1, -0.05) is 18.9 Å². The number of hydrogen-bond acceptors (Lipinski definition) is 6. The Labute approximate surface area is 207 Å². The lowest BCUT2D eigenvalue weighted by Gasteiger charge is -2.43. The molecular weight excluding hydrogens is 469 g/mol. The molecule has 4 amide bonds. The van der Waals surface area contributed by atoms with Gasteiger partial charge in [-0.3, -0.25) is 14.5 Å². The number of hydrogen-bond donors (Lipinski definition) is 1. The van der Waals surface area contributed by atoms with Crippen molar-refractivity contribution in [3.63, 3.8) is 0 Å². The molecule has 0 bridgehead atoms. The molecule has 10 heteroatoms. The van der Waals surface area contributed by atoms with E-state index in [1.54, 1.807) is 18.2 Å². The summed E-state index contributed by atoms with van der Waals surface area (Å²) in [4.78, 5) is 42.8. The fourth-order valence-electron chi connectivity index (χ4n) is 5.74. The number of rotatable bonds is 5. The Hall–Kier alpha value is -3.66. The molecule has 4 atom stereocenters. The van der Waals surface area contributed by atoms with Crippen molar-refractivity contribution in [2.45, 2.75) is 50.5 Å². The first kappa shape index (κ1) is 22.8. The summed E-state index contributed by atoms with van der Waals surface area (Å²) in [5.41, 5.74) is 1.12. The molecule has 0 radical (unpaired) electrons. The van der Waals surface area contributed by atoms with E-state index in [-0.39, 0.29) is 37.8 Å². The van der Waals surface area contributed by atoms with Gasteiger partial charge < -0.3 is 24.4 Å². The summed E-state index contributed by atoms with van der Waals surface area (Å²) in [7, 11) is 0. The average Bonchev–Trinajstić information content (AvgIpc) is 3.50. The van der Waals surface area contributed by atoms with Crippen LogP contribution < -0.4 is 14.8 Å². The van der Waals surface area contributed by atoms with Crippen LogP contribution in [0, 0.1) is 11.7 Å². The minimum absolute atomic E-state index is 0.00274. The van der Waals surface area contributed by atoms with Crippen LogP contribution in [0.1, 0.15) is 31.2 Å². The summed E-state index contributed by atoms with van der Waals surface area (Å²) in [6, 6.07) is 9.66. The van der Waals surface area contributed by atoms with Crippen LogP contribution in [0.5, 0.6) is 11.5 Å². The second kappa shape index (κ2) is 9.09. The molecule has 3 fully saturated rings. The third-order valence-electron chi connectivity index (χ3n) is 7.39. The highest BCUT2D eigenvalue weighted by molar-refractivity contribution is 6.02. The van der Waals surface area contributed by atoms with E-state index in [2.05, 4.69) is 5.32 Å². The number of carbonyl (C=O) groups is 3. The number of amides is 4. The van der Waals surface area contributed by atoms with Crippen molar-refractivity contribution in [2.75, 3.05) is 18.7 Å². The number of halogens is 1. The van der Waals surface area contributed by atoms with Crippen LogP contribution in [0.2, 0.25) is 0 Å². The predicted octanol–water partition coefficient (Wildman–Crippen LogP) is 3.28. The van der Waals surface area contributed by atoms with Crippen molar-refractivity contribution in [1.29, 1.82) is 0 Å². The van der Waals surface area contributed by atoms with Gasteiger partial charge in [-0.25, -0.2) is 9.18 Å². The summed E-state index contributed by atoms with van der Waals surface area (Å²) >= 11 is 0. The zero-order valence-electron chi connectivity index (χ0n) is 19.5. The first-order valence-corrected chi connectivity index (χ1v) is 12.2. The van der Waals surface area contributed by atoms with Crippen LogP contribution in [0.15, 0.2) is 42.5 Å². The minimum Gasteiger partial charge on any atom is -0.454 e.